The third-order valence-electron chi connectivity index (χ3n) is 3.58. The first kappa shape index (κ1) is 24.5. The summed E-state index contributed by atoms with van der Waals surface area (Å²) in [5.74, 6) is -1.52. The maximum absolute atomic E-state index is 11.5. The standard InChI is InChI=1S/C17H37NO6Si/c1-7-22-25(23-8-2,24-9-3)12-10-11-14(16(20)21)13-15(19)18-17(4,5)6/h14-15,18-19H,7-13H2,1-6H3,(H,20,21). The molecule has 2 unspecified atom stereocenters. The van der Waals surface area contributed by atoms with Gasteiger partial charge < -0.3 is 23.5 Å². The molecule has 0 fully saturated rings. The Hall–Kier alpha value is -0.513. The molecular formula is C17H37NO6Si. The number of nitrogens with one attached hydrogen (secondary N) is 1. The van der Waals surface area contributed by atoms with Crippen molar-refractivity contribution in [3.8, 4) is 0 Å². The lowest BCUT2D eigenvalue weighted by atomic mass is 9.98. The topological polar surface area (TPSA) is 97.3 Å². The summed E-state index contributed by atoms with van der Waals surface area (Å²) in [7, 11) is -2.75. The predicted octanol–water partition coefficient (Wildman–Crippen LogP) is 2.61. The Morgan fingerprint density at radius 1 is 1.08 bits per heavy atom. The predicted molar refractivity (Wildman–Crippen MR) is 99.3 cm³/mol. The second-order valence-corrected chi connectivity index (χ2v) is 9.79. The molecule has 8 heteroatoms. The van der Waals surface area contributed by atoms with E-state index >= 15 is 0 Å². The van der Waals surface area contributed by atoms with Crippen LogP contribution in [0.4, 0.5) is 0 Å². The molecule has 0 amide bonds. The number of aliphatic hydroxyl groups excluding tert-OH is 1. The van der Waals surface area contributed by atoms with Crippen molar-refractivity contribution in [3.05, 3.63) is 0 Å². The molecule has 0 aliphatic carbocycles. The molecule has 25 heavy (non-hydrogen) atoms. The minimum atomic E-state index is -2.75. The quantitative estimate of drug-likeness (QED) is 0.315. The summed E-state index contributed by atoms with van der Waals surface area (Å²) >= 11 is 0. The third-order valence-corrected chi connectivity index (χ3v) is 6.74. The molecule has 0 saturated carbocycles. The van der Waals surface area contributed by atoms with Crippen molar-refractivity contribution in [3.63, 3.8) is 0 Å². The SMILES string of the molecule is CCO[Si](CCCC(CC(O)NC(C)(C)C)C(=O)O)(OCC)OCC. The first-order chi connectivity index (χ1) is 11.6. The van der Waals surface area contributed by atoms with E-state index in [1.54, 1.807) is 0 Å². The molecule has 3 N–H and O–H groups in total. The summed E-state index contributed by atoms with van der Waals surface area (Å²) in [5, 5.41) is 22.5. The molecule has 2 atom stereocenters. The van der Waals surface area contributed by atoms with Crippen LogP contribution in [0.1, 0.15) is 60.8 Å². The number of carboxylic acid groups (broad SMARTS) is 1. The van der Waals surface area contributed by atoms with Gasteiger partial charge in [-0.1, -0.05) is 0 Å². The van der Waals surface area contributed by atoms with Crippen molar-refractivity contribution in [1.82, 2.24) is 5.32 Å². The third kappa shape index (κ3) is 10.9. The van der Waals surface area contributed by atoms with Gasteiger partial charge in [-0.3, -0.25) is 10.1 Å². The number of carbonyl (C=O) groups is 1. The fourth-order valence-corrected chi connectivity index (χ4v) is 5.38. The lowest BCUT2D eigenvalue weighted by Crippen LogP contribution is -2.46. The van der Waals surface area contributed by atoms with E-state index in [1.165, 1.54) is 0 Å². The van der Waals surface area contributed by atoms with Gasteiger partial charge in [0.15, 0.2) is 0 Å². The molecule has 0 spiro atoms. The van der Waals surface area contributed by atoms with Gasteiger partial charge in [-0.05, 0) is 60.8 Å². The van der Waals surface area contributed by atoms with E-state index in [4.69, 9.17) is 13.3 Å². The van der Waals surface area contributed by atoms with E-state index in [0.29, 0.717) is 38.7 Å². The molecule has 150 valence electrons. The van der Waals surface area contributed by atoms with Crippen molar-refractivity contribution < 1.29 is 28.3 Å². The fourth-order valence-electron chi connectivity index (χ4n) is 2.74. The van der Waals surface area contributed by atoms with E-state index in [1.807, 2.05) is 41.5 Å². The van der Waals surface area contributed by atoms with Crippen molar-refractivity contribution in [1.29, 1.82) is 0 Å². The van der Waals surface area contributed by atoms with Crippen LogP contribution in [-0.4, -0.2) is 56.6 Å². The zero-order valence-electron chi connectivity index (χ0n) is 16.6. The van der Waals surface area contributed by atoms with Crippen LogP contribution in [0.3, 0.4) is 0 Å². The largest absolute Gasteiger partial charge is 0.500 e. The van der Waals surface area contributed by atoms with Crippen molar-refractivity contribution in [2.45, 2.75) is 78.6 Å². The summed E-state index contributed by atoms with van der Waals surface area (Å²) in [4.78, 5) is 11.5. The van der Waals surface area contributed by atoms with Gasteiger partial charge >= 0.3 is 14.8 Å². The average Bonchev–Trinajstić information content (AvgIpc) is 2.45. The smallest absolute Gasteiger partial charge is 0.481 e. The number of hydrogen-bond acceptors (Lipinski definition) is 6. The van der Waals surface area contributed by atoms with E-state index in [2.05, 4.69) is 5.32 Å². The van der Waals surface area contributed by atoms with Crippen molar-refractivity contribution in [2.24, 2.45) is 5.92 Å². The number of hydrogen-bond donors (Lipinski definition) is 3. The molecule has 0 bridgehead atoms. The molecule has 0 saturated heterocycles. The number of rotatable bonds is 14. The van der Waals surface area contributed by atoms with Crippen LogP contribution >= 0.6 is 0 Å². The van der Waals surface area contributed by atoms with Crippen LogP contribution in [0, 0.1) is 5.92 Å². The summed E-state index contributed by atoms with van der Waals surface area (Å²) in [6.45, 7) is 13.0. The van der Waals surface area contributed by atoms with E-state index in [0.717, 1.165) is 0 Å². The minimum absolute atomic E-state index is 0.166. The lowest BCUT2D eigenvalue weighted by molar-refractivity contribution is -0.143. The van der Waals surface area contributed by atoms with E-state index in [-0.39, 0.29) is 12.0 Å². The van der Waals surface area contributed by atoms with Crippen LogP contribution in [0.25, 0.3) is 0 Å². The maximum atomic E-state index is 11.5. The summed E-state index contributed by atoms with van der Waals surface area (Å²) in [6.07, 6.45) is 0.374. The van der Waals surface area contributed by atoms with Gasteiger partial charge in [-0.25, -0.2) is 0 Å². The molecule has 0 rings (SSSR count). The Labute approximate surface area is 153 Å². The maximum Gasteiger partial charge on any atom is 0.500 e. The Morgan fingerprint density at radius 3 is 1.92 bits per heavy atom. The Morgan fingerprint density at radius 2 is 1.56 bits per heavy atom. The molecule has 7 nitrogen and oxygen atoms in total. The van der Waals surface area contributed by atoms with Gasteiger partial charge in [0.05, 0.1) is 5.92 Å². The van der Waals surface area contributed by atoms with Crippen LogP contribution in [0.5, 0.6) is 0 Å². The van der Waals surface area contributed by atoms with Gasteiger partial charge in [0.1, 0.15) is 6.23 Å². The molecule has 0 radical (unpaired) electrons. The number of aliphatic hydroxyl groups is 1. The van der Waals surface area contributed by atoms with E-state index < -0.39 is 26.9 Å². The first-order valence-corrected chi connectivity index (χ1v) is 11.1. The highest BCUT2D eigenvalue weighted by atomic mass is 28.4. The fraction of sp³-hybridized carbons (Fsp3) is 0.941. The van der Waals surface area contributed by atoms with Crippen LogP contribution in [0.15, 0.2) is 0 Å². The zero-order chi connectivity index (χ0) is 19.5. The average molecular weight is 380 g/mol. The molecular weight excluding hydrogens is 342 g/mol. The highest BCUT2D eigenvalue weighted by Gasteiger charge is 2.40. The van der Waals surface area contributed by atoms with E-state index in [9.17, 15) is 15.0 Å². The molecule has 0 aromatic heterocycles. The van der Waals surface area contributed by atoms with Gasteiger partial charge in [-0.15, -0.1) is 0 Å². The summed E-state index contributed by atoms with van der Waals surface area (Å²) < 4.78 is 17.4. The van der Waals surface area contributed by atoms with Gasteiger partial charge in [0.25, 0.3) is 0 Å². The Balaban J connectivity index is 4.69. The summed E-state index contributed by atoms with van der Waals surface area (Å²) in [6, 6.07) is 0.578. The Kier molecular flexibility index (Phi) is 11.7. The second-order valence-electron chi connectivity index (χ2n) is 7.06. The first-order valence-electron chi connectivity index (χ1n) is 9.19. The van der Waals surface area contributed by atoms with Gasteiger partial charge in [0, 0.05) is 31.4 Å². The molecule has 0 aliphatic heterocycles. The molecule has 0 aliphatic rings. The number of carboxylic acids is 1. The summed E-state index contributed by atoms with van der Waals surface area (Å²) in [5.41, 5.74) is -0.274. The normalized spacial score (nSPS) is 15.2. The molecule has 0 heterocycles. The van der Waals surface area contributed by atoms with Gasteiger partial charge in [0.2, 0.25) is 0 Å². The van der Waals surface area contributed by atoms with Crippen LogP contribution < -0.4 is 5.32 Å². The number of aliphatic carboxylic acids is 1. The monoisotopic (exact) mass is 379 g/mol. The molecule has 0 aromatic carbocycles. The lowest BCUT2D eigenvalue weighted by Gasteiger charge is -2.29. The minimum Gasteiger partial charge on any atom is -0.481 e. The Bertz CT molecular complexity index is 358. The second kappa shape index (κ2) is 12.0. The van der Waals surface area contributed by atoms with Crippen LogP contribution in [0.2, 0.25) is 6.04 Å². The van der Waals surface area contributed by atoms with Crippen molar-refractivity contribution >= 4 is 14.8 Å². The highest BCUT2D eigenvalue weighted by Crippen LogP contribution is 2.23. The van der Waals surface area contributed by atoms with Crippen molar-refractivity contribution in [2.75, 3.05) is 19.8 Å². The van der Waals surface area contributed by atoms with Gasteiger partial charge in [-0.2, -0.15) is 0 Å². The van der Waals surface area contributed by atoms with Crippen LogP contribution in [-0.2, 0) is 18.1 Å². The zero-order valence-corrected chi connectivity index (χ0v) is 17.6. The molecule has 0 aromatic rings. The highest BCUT2D eigenvalue weighted by molar-refractivity contribution is 6.60.